The van der Waals surface area contributed by atoms with Crippen molar-refractivity contribution >= 4 is 5.84 Å². The average molecular weight is 217 g/mol. The van der Waals surface area contributed by atoms with E-state index in [9.17, 15) is 0 Å². The van der Waals surface area contributed by atoms with Crippen LogP contribution in [0, 0.1) is 5.41 Å². The van der Waals surface area contributed by atoms with E-state index in [-0.39, 0.29) is 0 Å². The first kappa shape index (κ1) is 11.1. The normalized spacial score (nSPS) is 17.4. The molecule has 0 amide bonds. The van der Waals surface area contributed by atoms with Crippen LogP contribution in [0.1, 0.15) is 5.56 Å². The number of amidine groups is 1. The molecule has 86 valence electrons. The monoisotopic (exact) mass is 217 g/mol. The highest BCUT2D eigenvalue weighted by atomic mass is 15.3. The van der Waals surface area contributed by atoms with Gasteiger partial charge in [-0.15, -0.1) is 0 Å². The molecule has 0 radical (unpaired) electrons. The molecule has 3 nitrogen and oxygen atoms in total. The van der Waals surface area contributed by atoms with E-state index in [1.54, 1.807) is 0 Å². The van der Waals surface area contributed by atoms with Crippen LogP contribution in [0.5, 0.6) is 0 Å². The third kappa shape index (κ3) is 2.83. The number of hydrogen-bond donors (Lipinski definition) is 1. The summed E-state index contributed by atoms with van der Waals surface area (Å²) >= 11 is 0. The number of rotatable bonds is 2. The third-order valence-electron chi connectivity index (χ3n) is 3.10. The number of hydrogen-bond acceptors (Lipinski definition) is 2. The summed E-state index contributed by atoms with van der Waals surface area (Å²) in [5.41, 5.74) is 1.23. The van der Waals surface area contributed by atoms with Gasteiger partial charge in [-0.2, -0.15) is 0 Å². The minimum absolute atomic E-state index is 0.749. The third-order valence-corrected chi connectivity index (χ3v) is 3.10. The molecule has 0 unspecified atom stereocenters. The first-order valence-corrected chi connectivity index (χ1v) is 5.80. The zero-order valence-corrected chi connectivity index (χ0v) is 9.82. The van der Waals surface area contributed by atoms with E-state index in [2.05, 4.69) is 29.0 Å². The second-order valence-electron chi connectivity index (χ2n) is 4.40. The van der Waals surface area contributed by atoms with Gasteiger partial charge in [0, 0.05) is 32.6 Å². The number of likely N-dealkylation sites (N-methyl/N-ethyl adjacent to an activating group) is 1. The van der Waals surface area contributed by atoms with Gasteiger partial charge in [-0.1, -0.05) is 30.3 Å². The summed E-state index contributed by atoms with van der Waals surface area (Å²) in [7, 11) is 2.14. The molecule has 0 aliphatic carbocycles. The Bertz CT molecular complexity index is 339. The Labute approximate surface area is 97.2 Å². The summed E-state index contributed by atoms with van der Waals surface area (Å²) in [4.78, 5) is 4.50. The molecule has 0 bridgehead atoms. The van der Waals surface area contributed by atoms with E-state index in [1.165, 1.54) is 5.56 Å². The van der Waals surface area contributed by atoms with Crippen molar-refractivity contribution in [3.8, 4) is 0 Å². The van der Waals surface area contributed by atoms with Crippen LogP contribution < -0.4 is 0 Å². The van der Waals surface area contributed by atoms with Crippen LogP contribution in [-0.2, 0) is 6.42 Å². The molecule has 1 fully saturated rings. The quantitative estimate of drug-likeness (QED) is 0.600. The molecule has 1 aromatic rings. The van der Waals surface area contributed by atoms with Gasteiger partial charge >= 0.3 is 0 Å². The lowest BCUT2D eigenvalue weighted by atomic mass is 10.1. The number of nitrogens with one attached hydrogen (secondary N) is 1. The first-order valence-electron chi connectivity index (χ1n) is 5.80. The lowest BCUT2D eigenvalue weighted by Gasteiger charge is -2.34. The van der Waals surface area contributed by atoms with Gasteiger partial charge in [-0.25, -0.2) is 0 Å². The second-order valence-corrected chi connectivity index (χ2v) is 4.40. The maximum Gasteiger partial charge on any atom is 0.100 e. The summed E-state index contributed by atoms with van der Waals surface area (Å²) in [5.74, 6) is 0.749. The van der Waals surface area contributed by atoms with Crippen LogP contribution in [0.4, 0.5) is 0 Å². The molecular formula is C13H19N3. The highest BCUT2D eigenvalue weighted by molar-refractivity contribution is 5.81. The molecule has 16 heavy (non-hydrogen) atoms. The summed E-state index contributed by atoms with van der Waals surface area (Å²) in [6.45, 7) is 4.11. The Morgan fingerprint density at radius 1 is 1.12 bits per heavy atom. The summed E-state index contributed by atoms with van der Waals surface area (Å²) in [6, 6.07) is 10.3. The highest BCUT2D eigenvalue weighted by Gasteiger charge is 2.16. The topological polar surface area (TPSA) is 30.3 Å². The maximum atomic E-state index is 8.09. The van der Waals surface area contributed by atoms with Crippen molar-refractivity contribution in [2.45, 2.75) is 6.42 Å². The zero-order valence-electron chi connectivity index (χ0n) is 9.82. The van der Waals surface area contributed by atoms with Crippen molar-refractivity contribution in [3.63, 3.8) is 0 Å². The fraction of sp³-hybridized carbons (Fsp3) is 0.462. The van der Waals surface area contributed by atoms with Gasteiger partial charge in [0.1, 0.15) is 5.84 Å². The molecule has 1 aliphatic rings. The van der Waals surface area contributed by atoms with Crippen molar-refractivity contribution in [1.29, 1.82) is 5.41 Å². The SMILES string of the molecule is CN1CCN(C(=N)Cc2ccccc2)CC1. The lowest BCUT2D eigenvalue weighted by Crippen LogP contribution is -2.47. The van der Waals surface area contributed by atoms with Crippen molar-refractivity contribution in [1.82, 2.24) is 9.80 Å². The molecule has 0 spiro atoms. The van der Waals surface area contributed by atoms with Crippen LogP contribution in [0.3, 0.4) is 0 Å². The Morgan fingerprint density at radius 3 is 2.38 bits per heavy atom. The Kier molecular flexibility index (Phi) is 3.57. The van der Waals surface area contributed by atoms with Crippen LogP contribution in [-0.4, -0.2) is 48.9 Å². The Hall–Kier alpha value is -1.35. The molecule has 2 rings (SSSR count). The summed E-state index contributed by atoms with van der Waals surface area (Å²) in [6.07, 6.45) is 0.755. The molecule has 1 N–H and O–H groups in total. The predicted molar refractivity (Wildman–Crippen MR) is 66.9 cm³/mol. The molecule has 1 heterocycles. The standard InChI is InChI=1S/C13H19N3/c1-15-7-9-16(10-8-15)13(14)11-12-5-3-2-4-6-12/h2-6,14H,7-11H2,1H3. The molecular weight excluding hydrogens is 198 g/mol. The van der Waals surface area contributed by atoms with Gasteiger partial charge < -0.3 is 9.80 Å². The Balaban J connectivity index is 1.89. The van der Waals surface area contributed by atoms with Crippen LogP contribution in [0.15, 0.2) is 30.3 Å². The van der Waals surface area contributed by atoms with E-state index in [1.807, 2.05) is 18.2 Å². The lowest BCUT2D eigenvalue weighted by molar-refractivity contribution is 0.213. The van der Waals surface area contributed by atoms with E-state index in [0.29, 0.717) is 0 Å². The predicted octanol–water partition coefficient (Wildman–Crippen LogP) is 1.45. The van der Waals surface area contributed by atoms with Gasteiger partial charge in [0.2, 0.25) is 0 Å². The van der Waals surface area contributed by atoms with Gasteiger partial charge in [0.05, 0.1) is 0 Å². The second kappa shape index (κ2) is 5.12. The highest BCUT2D eigenvalue weighted by Crippen LogP contribution is 2.06. The van der Waals surface area contributed by atoms with Gasteiger partial charge in [0.25, 0.3) is 0 Å². The molecule has 1 saturated heterocycles. The molecule has 3 heteroatoms. The summed E-state index contributed by atoms with van der Waals surface area (Å²) in [5, 5.41) is 8.09. The van der Waals surface area contributed by atoms with Crippen LogP contribution >= 0.6 is 0 Å². The first-order chi connectivity index (χ1) is 7.75. The van der Waals surface area contributed by atoms with Crippen LogP contribution in [0.25, 0.3) is 0 Å². The number of benzene rings is 1. The van der Waals surface area contributed by atoms with E-state index < -0.39 is 0 Å². The fourth-order valence-electron chi connectivity index (χ4n) is 1.98. The fourth-order valence-corrected chi connectivity index (χ4v) is 1.98. The van der Waals surface area contributed by atoms with Crippen LogP contribution in [0.2, 0.25) is 0 Å². The Morgan fingerprint density at radius 2 is 1.75 bits per heavy atom. The van der Waals surface area contributed by atoms with Crippen molar-refractivity contribution in [3.05, 3.63) is 35.9 Å². The molecule has 0 saturated carbocycles. The minimum atomic E-state index is 0.749. The van der Waals surface area contributed by atoms with E-state index in [4.69, 9.17) is 5.41 Å². The smallest absolute Gasteiger partial charge is 0.100 e. The van der Waals surface area contributed by atoms with Gasteiger partial charge in [-0.05, 0) is 12.6 Å². The largest absolute Gasteiger partial charge is 0.358 e. The summed E-state index contributed by atoms with van der Waals surface area (Å²) < 4.78 is 0. The number of nitrogens with zero attached hydrogens (tertiary/aromatic N) is 2. The molecule has 1 aromatic carbocycles. The molecule has 1 aliphatic heterocycles. The van der Waals surface area contributed by atoms with Gasteiger partial charge in [-0.3, -0.25) is 5.41 Å². The van der Waals surface area contributed by atoms with Gasteiger partial charge in [0.15, 0.2) is 0 Å². The van der Waals surface area contributed by atoms with Crippen molar-refractivity contribution in [2.75, 3.05) is 33.2 Å². The number of piperazine rings is 1. The molecule has 0 atom stereocenters. The maximum absolute atomic E-state index is 8.09. The zero-order chi connectivity index (χ0) is 11.4. The van der Waals surface area contributed by atoms with E-state index in [0.717, 1.165) is 38.4 Å². The average Bonchev–Trinajstić information content (AvgIpc) is 2.31. The minimum Gasteiger partial charge on any atom is -0.358 e. The van der Waals surface area contributed by atoms with Crippen molar-refractivity contribution in [2.24, 2.45) is 0 Å². The van der Waals surface area contributed by atoms with Crippen molar-refractivity contribution < 1.29 is 0 Å². The molecule has 0 aromatic heterocycles. The van der Waals surface area contributed by atoms with E-state index >= 15 is 0 Å².